The Hall–Kier alpha value is -2.14. The first-order valence-electron chi connectivity index (χ1n) is 8.10. The van der Waals surface area contributed by atoms with Gasteiger partial charge in [0.2, 0.25) is 10.0 Å². The second kappa shape index (κ2) is 9.87. The number of carbonyl (C=O) groups excluding carboxylic acids is 2. The topological polar surface area (TPSA) is 111 Å². The summed E-state index contributed by atoms with van der Waals surface area (Å²) in [5, 5.41) is 4.61. The van der Waals surface area contributed by atoms with Gasteiger partial charge in [-0.2, -0.15) is 0 Å². The van der Waals surface area contributed by atoms with Crippen LogP contribution in [0.2, 0.25) is 5.02 Å². The number of anilines is 1. The van der Waals surface area contributed by atoms with Crippen LogP contribution < -0.4 is 14.8 Å². The number of amides is 1. The number of nitrogens with one attached hydrogen (secondary N) is 2. The molecule has 28 heavy (non-hydrogen) atoms. The van der Waals surface area contributed by atoms with Crippen LogP contribution in [0, 0.1) is 0 Å². The van der Waals surface area contributed by atoms with Crippen LogP contribution in [0.3, 0.4) is 0 Å². The molecule has 0 saturated carbocycles. The van der Waals surface area contributed by atoms with Crippen LogP contribution in [-0.2, 0) is 24.3 Å². The van der Waals surface area contributed by atoms with Crippen LogP contribution in [0.15, 0.2) is 39.9 Å². The molecule has 0 saturated heterocycles. The Morgan fingerprint density at radius 2 is 2.04 bits per heavy atom. The minimum atomic E-state index is -3.65. The molecule has 0 spiro atoms. The highest BCUT2D eigenvalue weighted by atomic mass is 35.5. The van der Waals surface area contributed by atoms with Crippen molar-refractivity contribution >= 4 is 50.5 Å². The molecule has 0 bridgehead atoms. The van der Waals surface area contributed by atoms with Crippen molar-refractivity contribution in [2.24, 2.45) is 0 Å². The van der Waals surface area contributed by atoms with Gasteiger partial charge in [0.05, 0.1) is 19.2 Å². The first kappa shape index (κ1) is 22.2. The first-order valence-corrected chi connectivity index (χ1v) is 10.8. The van der Waals surface area contributed by atoms with Crippen LogP contribution in [-0.4, -0.2) is 40.1 Å². The normalized spacial score (nSPS) is 12.2. The molecule has 11 heteroatoms. The Bertz CT molecular complexity index is 931. The summed E-state index contributed by atoms with van der Waals surface area (Å²) < 4.78 is 36.5. The first-order chi connectivity index (χ1) is 13.2. The van der Waals surface area contributed by atoms with E-state index in [2.05, 4.69) is 10.0 Å². The van der Waals surface area contributed by atoms with Crippen molar-refractivity contribution in [3.8, 4) is 5.75 Å². The standard InChI is InChI=1S/C17H19ClN2O6S2/c1-11(17(22)20-13-10-12(18)5-6-14(13)25-2)26-15(21)7-8-19-28(23,24)16-4-3-9-27-16/h3-6,9-11,19H,7-8H2,1-2H3,(H,20,22). The number of hydrogen-bond donors (Lipinski definition) is 2. The number of rotatable bonds is 9. The fourth-order valence-corrected chi connectivity index (χ4v) is 4.34. The van der Waals surface area contributed by atoms with Crippen LogP contribution in [0.1, 0.15) is 13.3 Å². The average molecular weight is 447 g/mol. The van der Waals surface area contributed by atoms with Crippen molar-refractivity contribution in [3.05, 3.63) is 40.7 Å². The second-order valence-corrected chi connectivity index (χ2v) is 8.92. The fourth-order valence-electron chi connectivity index (χ4n) is 2.10. The number of hydrogen-bond acceptors (Lipinski definition) is 7. The summed E-state index contributed by atoms with van der Waals surface area (Å²) in [5.74, 6) is -0.887. The molecular formula is C17H19ClN2O6S2. The molecule has 0 aliphatic heterocycles. The SMILES string of the molecule is COc1ccc(Cl)cc1NC(=O)C(C)OC(=O)CCNS(=O)(=O)c1cccs1. The lowest BCUT2D eigenvalue weighted by atomic mass is 10.2. The van der Waals surface area contributed by atoms with Crippen molar-refractivity contribution in [2.75, 3.05) is 19.0 Å². The van der Waals surface area contributed by atoms with Gasteiger partial charge in [0.25, 0.3) is 5.91 Å². The molecule has 0 radical (unpaired) electrons. The monoisotopic (exact) mass is 446 g/mol. The van der Waals surface area contributed by atoms with Gasteiger partial charge in [-0.1, -0.05) is 17.7 Å². The lowest BCUT2D eigenvalue weighted by Gasteiger charge is -2.15. The van der Waals surface area contributed by atoms with Gasteiger partial charge in [0.1, 0.15) is 9.96 Å². The maximum absolute atomic E-state index is 12.2. The van der Waals surface area contributed by atoms with Crippen LogP contribution in [0.5, 0.6) is 5.75 Å². The Kier molecular flexibility index (Phi) is 7.81. The van der Waals surface area contributed by atoms with Gasteiger partial charge >= 0.3 is 5.97 Å². The largest absolute Gasteiger partial charge is 0.495 e. The zero-order valence-electron chi connectivity index (χ0n) is 15.1. The summed E-state index contributed by atoms with van der Waals surface area (Å²) in [5.41, 5.74) is 0.339. The molecule has 1 aromatic carbocycles. The summed E-state index contributed by atoms with van der Waals surface area (Å²) in [6.45, 7) is 1.26. The van der Waals surface area contributed by atoms with Crippen molar-refractivity contribution in [2.45, 2.75) is 23.7 Å². The molecule has 1 amide bonds. The third-order valence-corrected chi connectivity index (χ3v) is 6.57. The number of methoxy groups -OCH3 is 1. The minimum absolute atomic E-state index is 0.143. The van der Waals surface area contributed by atoms with Gasteiger partial charge in [-0.3, -0.25) is 9.59 Å². The minimum Gasteiger partial charge on any atom is -0.495 e. The van der Waals surface area contributed by atoms with E-state index in [0.717, 1.165) is 11.3 Å². The smallest absolute Gasteiger partial charge is 0.307 e. The number of esters is 1. The predicted octanol–water partition coefficient (Wildman–Crippen LogP) is 2.65. The fraction of sp³-hybridized carbons (Fsp3) is 0.294. The molecule has 1 heterocycles. The van der Waals surface area contributed by atoms with E-state index < -0.39 is 28.0 Å². The maximum Gasteiger partial charge on any atom is 0.307 e. The van der Waals surface area contributed by atoms with Crippen LogP contribution in [0.4, 0.5) is 5.69 Å². The summed E-state index contributed by atoms with van der Waals surface area (Å²) in [6.07, 6.45) is -1.31. The number of ether oxygens (including phenoxy) is 2. The van der Waals surface area contributed by atoms with Crippen molar-refractivity contribution in [1.82, 2.24) is 4.72 Å². The lowest BCUT2D eigenvalue weighted by molar-refractivity contribution is -0.152. The molecule has 8 nitrogen and oxygen atoms in total. The third kappa shape index (κ3) is 6.20. The van der Waals surface area contributed by atoms with E-state index in [-0.39, 0.29) is 17.2 Å². The third-order valence-electron chi connectivity index (χ3n) is 3.48. The number of sulfonamides is 1. The summed E-state index contributed by atoms with van der Waals surface area (Å²) in [7, 11) is -2.21. The Labute approximate surface area is 171 Å². The molecule has 2 aromatic rings. The molecule has 1 atom stereocenters. The molecule has 0 aliphatic rings. The van der Waals surface area contributed by atoms with E-state index in [1.54, 1.807) is 23.6 Å². The Morgan fingerprint density at radius 1 is 1.29 bits per heavy atom. The van der Waals surface area contributed by atoms with Crippen LogP contribution in [0.25, 0.3) is 0 Å². The molecule has 1 unspecified atom stereocenters. The van der Waals surface area contributed by atoms with E-state index in [4.69, 9.17) is 21.1 Å². The molecule has 1 aromatic heterocycles. The van der Waals surface area contributed by atoms with Crippen molar-refractivity contribution in [1.29, 1.82) is 0 Å². The Morgan fingerprint density at radius 3 is 2.68 bits per heavy atom. The number of benzene rings is 1. The number of halogens is 1. The predicted molar refractivity (Wildman–Crippen MR) is 106 cm³/mol. The van der Waals surface area contributed by atoms with Crippen molar-refractivity contribution in [3.63, 3.8) is 0 Å². The van der Waals surface area contributed by atoms with E-state index in [0.29, 0.717) is 16.5 Å². The maximum atomic E-state index is 12.2. The molecule has 0 fully saturated rings. The second-order valence-electron chi connectivity index (χ2n) is 5.55. The van der Waals surface area contributed by atoms with Gasteiger partial charge in [0.15, 0.2) is 6.10 Å². The number of thiophene rings is 1. The van der Waals surface area contributed by atoms with E-state index >= 15 is 0 Å². The molecule has 2 rings (SSSR count). The molecule has 152 valence electrons. The quantitative estimate of drug-likeness (QED) is 0.573. The van der Waals surface area contributed by atoms with Gasteiger partial charge in [-0.25, -0.2) is 13.1 Å². The highest BCUT2D eigenvalue weighted by Gasteiger charge is 2.20. The average Bonchev–Trinajstić information content (AvgIpc) is 3.17. The Balaban J connectivity index is 1.83. The molecule has 2 N–H and O–H groups in total. The van der Waals surface area contributed by atoms with Crippen LogP contribution >= 0.6 is 22.9 Å². The zero-order chi connectivity index (χ0) is 20.7. The molecule has 0 aliphatic carbocycles. The van der Waals surface area contributed by atoms with Gasteiger partial charge in [-0.05, 0) is 36.6 Å². The summed E-state index contributed by atoms with van der Waals surface area (Å²) in [6, 6.07) is 7.78. The lowest BCUT2D eigenvalue weighted by Crippen LogP contribution is -2.32. The van der Waals surface area contributed by atoms with Crippen molar-refractivity contribution < 1.29 is 27.5 Å². The number of carbonyl (C=O) groups is 2. The van der Waals surface area contributed by atoms with Gasteiger partial charge < -0.3 is 14.8 Å². The van der Waals surface area contributed by atoms with E-state index in [9.17, 15) is 18.0 Å². The summed E-state index contributed by atoms with van der Waals surface area (Å²) >= 11 is 6.97. The molecular weight excluding hydrogens is 428 g/mol. The van der Waals surface area contributed by atoms with Gasteiger partial charge in [0, 0.05) is 11.6 Å². The highest BCUT2D eigenvalue weighted by Crippen LogP contribution is 2.27. The van der Waals surface area contributed by atoms with Gasteiger partial charge in [-0.15, -0.1) is 11.3 Å². The zero-order valence-corrected chi connectivity index (χ0v) is 17.5. The highest BCUT2D eigenvalue weighted by molar-refractivity contribution is 7.91. The van der Waals surface area contributed by atoms with E-state index in [1.807, 2.05) is 0 Å². The summed E-state index contributed by atoms with van der Waals surface area (Å²) in [4.78, 5) is 24.1. The van der Waals surface area contributed by atoms with E-state index in [1.165, 1.54) is 26.2 Å².